The third kappa shape index (κ3) is 2.88. The molecule has 4 heteroatoms. The van der Waals surface area contributed by atoms with E-state index in [1.54, 1.807) is 12.3 Å². The van der Waals surface area contributed by atoms with Crippen LogP contribution in [0.5, 0.6) is 0 Å². The Labute approximate surface area is 108 Å². The Morgan fingerprint density at radius 3 is 2.56 bits per heavy atom. The molecule has 1 aromatic rings. The van der Waals surface area contributed by atoms with E-state index in [1.165, 1.54) is 0 Å². The van der Waals surface area contributed by atoms with Gasteiger partial charge in [-0.05, 0) is 29.9 Å². The molecule has 0 aromatic carbocycles. The molecule has 1 amide bonds. The lowest BCUT2D eigenvalue weighted by Gasteiger charge is -2.36. The maximum atomic E-state index is 12.2. The van der Waals surface area contributed by atoms with Gasteiger partial charge in [-0.3, -0.25) is 9.78 Å². The molecule has 0 saturated carbocycles. The van der Waals surface area contributed by atoms with Crippen molar-refractivity contribution in [3.63, 3.8) is 0 Å². The molecule has 4 nitrogen and oxygen atoms in total. The van der Waals surface area contributed by atoms with Gasteiger partial charge in [0.15, 0.2) is 0 Å². The largest absolute Gasteiger partial charge is 0.337 e. The van der Waals surface area contributed by atoms with Gasteiger partial charge in [-0.25, -0.2) is 0 Å². The number of aromatic nitrogens is 1. The highest BCUT2D eigenvalue weighted by atomic mass is 16.2. The molecule has 1 aromatic heterocycles. The first kappa shape index (κ1) is 13.0. The molecule has 2 rings (SSSR count). The second-order valence-electron chi connectivity index (χ2n) is 5.71. The molecule has 2 N–H and O–H groups in total. The summed E-state index contributed by atoms with van der Waals surface area (Å²) in [5.41, 5.74) is 7.34. The normalized spacial score (nSPS) is 18.7. The third-order valence-electron chi connectivity index (χ3n) is 3.68. The highest BCUT2D eigenvalue weighted by Gasteiger charge is 2.28. The average Bonchev–Trinajstić information content (AvgIpc) is 2.38. The van der Waals surface area contributed by atoms with E-state index in [0.717, 1.165) is 31.5 Å². The van der Waals surface area contributed by atoms with E-state index in [-0.39, 0.29) is 5.91 Å². The Bertz CT molecular complexity index is 415. The molecule has 0 spiro atoms. The number of piperidine rings is 1. The van der Waals surface area contributed by atoms with Gasteiger partial charge in [0.2, 0.25) is 0 Å². The fraction of sp³-hybridized carbons (Fsp3) is 0.571. The van der Waals surface area contributed by atoms with Gasteiger partial charge in [-0.1, -0.05) is 19.9 Å². The minimum absolute atomic E-state index is 0.0362. The zero-order valence-electron chi connectivity index (χ0n) is 11.1. The molecule has 0 bridgehead atoms. The van der Waals surface area contributed by atoms with Crippen LogP contribution >= 0.6 is 0 Å². The van der Waals surface area contributed by atoms with Crippen LogP contribution in [0.25, 0.3) is 0 Å². The van der Waals surface area contributed by atoms with Gasteiger partial charge in [0.1, 0.15) is 5.69 Å². The van der Waals surface area contributed by atoms with Crippen molar-refractivity contribution in [1.82, 2.24) is 9.88 Å². The van der Waals surface area contributed by atoms with Crippen molar-refractivity contribution < 1.29 is 4.79 Å². The monoisotopic (exact) mass is 247 g/mol. The number of nitrogens with two attached hydrogens (primary N) is 1. The lowest BCUT2D eigenvalue weighted by Crippen LogP contribution is -2.41. The summed E-state index contributed by atoms with van der Waals surface area (Å²) in [7, 11) is 0. The maximum Gasteiger partial charge on any atom is 0.272 e. The van der Waals surface area contributed by atoms with Gasteiger partial charge in [-0.15, -0.1) is 0 Å². The number of nitrogens with zero attached hydrogens (tertiary/aromatic N) is 2. The summed E-state index contributed by atoms with van der Waals surface area (Å²) in [5.74, 6) is 0.0362. The predicted molar refractivity (Wildman–Crippen MR) is 71.0 cm³/mol. The zero-order valence-corrected chi connectivity index (χ0v) is 11.1. The van der Waals surface area contributed by atoms with Gasteiger partial charge in [0, 0.05) is 25.8 Å². The van der Waals surface area contributed by atoms with Crippen molar-refractivity contribution in [2.45, 2.75) is 33.2 Å². The molecular formula is C14H21N3O. The molecule has 1 aliphatic rings. The maximum absolute atomic E-state index is 12.2. The van der Waals surface area contributed by atoms with Crippen LogP contribution in [-0.4, -0.2) is 28.9 Å². The number of carbonyl (C=O) groups is 1. The van der Waals surface area contributed by atoms with Gasteiger partial charge in [0.25, 0.3) is 5.91 Å². The quantitative estimate of drug-likeness (QED) is 0.867. The van der Waals surface area contributed by atoms with Crippen LogP contribution in [0.2, 0.25) is 0 Å². The minimum atomic E-state index is 0.0362. The number of hydrogen-bond donors (Lipinski definition) is 1. The van der Waals surface area contributed by atoms with Crippen LogP contribution < -0.4 is 5.73 Å². The van der Waals surface area contributed by atoms with E-state index in [9.17, 15) is 4.79 Å². The number of rotatable bonds is 2. The van der Waals surface area contributed by atoms with E-state index < -0.39 is 0 Å². The number of amides is 1. The number of likely N-dealkylation sites (tertiary alicyclic amines) is 1. The number of hydrogen-bond acceptors (Lipinski definition) is 3. The van der Waals surface area contributed by atoms with Crippen LogP contribution in [-0.2, 0) is 6.54 Å². The average molecular weight is 247 g/mol. The van der Waals surface area contributed by atoms with Crippen LogP contribution in [0.15, 0.2) is 18.3 Å². The van der Waals surface area contributed by atoms with E-state index in [0.29, 0.717) is 17.7 Å². The number of pyridine rings is 1. The van der Waals surface area contributed by atoms with Crippen LogP contribution in [0.1, 0.15) is 42.7 Å². The molecule has 0 unspecified atom stereocenters. The second-order valence-corrected chi connectivity index (χ2v) is 5.71. The van der Waals surface area contributed by atoms with E-state index >= 15 is 0 Å². The fourth-order valence-electron chi connectivity index (χ4n) is 2.15. The van der Waals surface area contributed by atoms with Crippen molar-refractivity contribution in [2.75, 3.05) is 13.1 Å². The van der Waals surface area contributed by atoms with E-state index in [1.807, 2.05) is 11.0 Å². The summed E-state index contributed by atoms with van der Waals surface area (Å²) < 4.78 is 0. The summed E-state index contributed by atoms with van der Waals surface area (Å²) in [6.45, 7) is 6.61. The standard InChI is InChI=1S/C14H21N3O/c1-14(2)5-7-17(8-6-14)13(18)12-4-3-11(9-15)10-16-12/h3-4,10H,5-9,15H2,1-2H3. The lowest BCUT2D eigenvalue weighted by atomic mass is 9.82. The molecule has 2 heterocycles. The smallest absolute Gasteiger partial charge is 0.272 e. The van der Waals surface area contributed by atoms with Gasteiger partial charge in [0.05, 0.1) is 0 Å². The first-order valence-electron chi connectivity index (χ1n) is 6.46. The lowest BCUT2D eigenvalue weighted by molar-refractivity contribution is 0.0624. The minimum Gasteiger partial charge on any atom is -0.337 e. The Kier molecular flexibility index (Phi) is 3.66. The van der Waals surface area contributed by atoms with Crippen molar-refractivity contribution in [3.8, 4) is 0 Å². The van der Waals surface area contributed by atoms with Crippen molar-refractivity contribution in [1.29, 1.82) is 0 Å². The molecule has 1 saturated heterocycles. The molecule has 98 valence electrons. The SMILES string of the molecule is CC1(C)CCN(C(=O)c2ccc(CN)cn2)CC1. The van der Waals surface area contributed by atoms with Gasteiger partial charge < -0.3 is 10.6 Å². The summed E-state index contributed by atoms with van der Waals surface area (Å²) >= 11 is 0. The first-order valence-corrected chi connectivity index (χ1v) is 6.46. The van der Waals surface area contributed by atoms with E-state index in [2.05, 4.69) is 18.8 Å². The Morgan fingerprint density at radius 1 is 1.39 bits per heavy atom. The fourth-order valence-corrected chi connectivity index (χ4v) is 2.15. The summed E-state index contributed by atoms with van der Waals surface area (Å²) in [6, 6.07) is 3.64. The van der Waals surface area contributed by atoms with Gasteiger partial charge in [-0.2, -0.15) is 0 Å². The third-order valence-corrected chi connectivity index (χ3v) is 3.68. The topological polar surface area (TPSA) is 59.2 Å². The molecular weight excluding hydrogens is 226 g/mol. The molecule has 1 aliphatic heterocycles. The Balaban J connectivity index is 2.03. The molecule has 0 aliphatic carbocycles. The van der Waals surface area contributed by atoms with Crippen LogP contribution in [0, 0.1) is 5.41 Å². The van der Waals surface area contributed by atoms with E-state index in [4.69, 9.17) is 5.73 Å². The summed E-state index contributed by atoms with van der Waals surface area (Å²) in [5, 5.41) is 0. The predicted octanol–water partition coefficient (Wildman–Crippen LogP) is 1.80. The van der Waals surface area contributed by atoms with Crippen molar-refractivity contribution >= 4 is 5.91 Å². The molecule has 0 radical (unpaired) electrons. The highest BCUT2D eigenvalue weighted by Crippen LogP contribution is 2.30. The molecule has 1 fully saturated rings. The Morgan fingerprint density at radius 2 is 2.06 bits per heavy atom. The van der Waals surface area contributed by atoms with Crippen LogP contribution in [0.3, 0.4) is 0 Å². The summed E-state index contributed by atoms with van der Waals surface area (Å²) in [6.07, 6.45) is 3.79. The Hall–Kier alpha value is -1.42. The molecule has 0 atom stereocenters. The number of carbonyl (C=O) groups excluding carboxylic acids is 1. The zero-order chi connectivity index (χ0) is 13.2. The van der Waals surface area contributed by atoms with Crippen LogP contribution in [0.4, 0.5) is 0 Å². The second kappa shape index (κ2) is 5.06. The van der Waals surface area contributed by atoms with Crippen molar-refractivity contribution in [2.24, 2.45) is 11.1 Å². The highest BCUT2D eigenvalue weighted by molar-refractivity contribution is 5.92. The first-order chi connectivity index (χ1) is 8.52. The molecule has 18 heavy (non-hydrogen) atoms. The van der Waals surface area contributed by atoms with Gasteiger partial charge >= 0.3 is 0 Å². The summed E-state index contributed by atoms with van der Waals surface area (Å²) in [4.78, 5) is 18.3. The van der Waals surface area contributed by atoms with Crippen molar-refractivity contribution in [3.05, 3.63) is 29.6 Å².